The molecule has 0 radical (unpaired) electrons. The van der Waals surface area contributed by atoms with Gasteiger partial charge in [-0.25, -0.2) is 9.59 Å². The van der Waals surface area contributed by atoms with Crippen molar-refractivity contribution >= 4 is 29.6 Å². The van der Waals surface area contributed by atoms with Crippen LogP contribution in [0.25, 0.3) is 0 Å². The lowest BCUT2D eigenvalue weighted by molar-refractivity contribution is -0.890. The minimum atomic E-state index is -1.03. The predicted octanol–water partition coefficient (Wildman–Crippen LogP) is -0.104. The van der Waals surface area contributed by atoms with Crippen molar-refractivity contribution in [3.05, 3.63) is 0 Å². The second-order valence-electron chi connectivity index (χ2n) is 7.65. The average Bonchev–Trinajstić information content (AvgIpc) is 3.14. The van der Waals surface area contributed by atoms with Crippen molar-refractivity contribution in [1.82, 2.24) is 4.90 Å². The minimum Gasteiger partial charge on any atom is -0.480 e. The molecule has 146 valence electrons. The number of ether oxygens (including phenoxy) is 1. The van der Waals surface area contributed by atoms with Crippen molar-refractivity contribution in [2.24, 2.45) is 5.92 Å². The molecule has 1 amide bonds. The van der Waals surface area contributed by atoms with Gasteiger partial charge in [-0.15, -0.1) is 11.8 Å². The summed E-state index contributed by atoms with van der Waals surface area (Å²) in [5.74, 6) is -1.78. The maximum Gasteiger partial charge on any atom is 0.361 e. The van der Waals surface area contributed by atoms with Crippen molar-refractivity contribution in [1.29, 1.82) is 0 Å². The number of quaternary nitrogens is 1. The molecule has 4 atom stereocenters. The van der Waals surface area contributed by atoms with Gasteiger partial charge in [0.05, 0.1) is 38.0 Å². The zero-order valence-electron chi connectivity index (χ0n) is 15.0. The number of fused-ring (bicyclic) bond motifs is 1. The Morgan fingerprint density at radius 1 is 1.31 bits per heavy atom. The van der Waals surface area contributed by atoms with Gasteiger partial charge in [-0.2, -0.15) is 0 Å². The Balaban J connectivity index is 1.50. The van der Waals surface area contributed by atoms with Crippen LogP contribution in [0.5, 0.6) is 0 Å². The third-order valence-electron chi connectivity index (χ3n) is 5.67. The van der Waals surface area contributed by atoms with Crippen molar-refractivity contribution in [3.63, 3.8) is 0 Å². The van der Waals surface area contributed by atoms with E-state index in [1.54, 1.807) is 0 Å². The third kappa shape index (κ3) is 3.70. The molecule has 2 unspecified atom stereocenters. The van der Waals surface area contributed by atoms with Gasteiger partial charge in [0.2, 0.25) is 5.91 Å². The highest BCUT2D eigenvalue weighted by Gasteiger charge is 2.59. The second-order valence-corrected chi connectivity index (χ2v) is 9.01. The summed E-state index contributed by atoms with van der Waals surface area (Å²) in [6.45, 7) is 2.41. The molecule has 0 bridgehead atoms. The van der Waals surface area contributed by atoms with E-state index in [1.165, 1.54) is 16.7 Å². The summed E-state index contributed by atoms with van der Waals surface area (Å²) in [6.07, 6.45) is 3.02. The molecule has 0 aromatic heterocycles. The van der Waals surface area contributed by atoms with Gasteiger partial charge >= 0.3 is 11.9 Å². The van der Waals surface area contributed by atoms with Crippen LogP contribution in [-0.4, -0.2) is 94.0 Å². The van der Waals surface area contributed by atoms with Gasteiger partial charge in [0.25, 0.3) is 0 Å². The molecule has 26 heavy (non-hydrogen) atoms. The highest BCUT2D eigenvalue weighted by atomic mass is 32.2. The monoisotopic (exact) mass is 387 g/mol. The molecular weight excluding hydrogens is 360 g/mol. The summed E-state index contributed by atoms with van der Waals surface area (Å²) in [4.78, 5) is 37.3. The summed E-state index contributed by atoms with van der Waals surface area (Å²) in [6, 6.07) is -0.880. The van der Waals surface area contributed by atoms with E-state index in [0.29, 0.717) is 23.9 Å². The van der Waals surface area contributed by atoms with Crippen LogP contribution in [0.4, 0.5) is 0 Å². The molecule has 0 saturated carbocycles. The maximum absolute atomic E-state index is 12.2. The fraction of sp³-hybridized carbons (Fsp3) is 0.824. The zero-order chi connectivity index (χ0) is 18.9. The number of esters is 1. The summed E-state index contributed by atoms with van der Waals surface area (Å²) >= 11 is 1.45. The Labute approximate surface area is 157 Å². The summed E-state index contributed by atoms with van der Waals surface area (Å²) in [7, 11) is 2.05. The number of carboxylic acids is 1. The third-order valence-corrected chi connectivity index (χ3v) is 7.35. The minimum absolute atomic E-state index is 0.0850. The topological polar surface area (TPSA) is 104 Å². The van der Waals surface area contributed by atoms with E-state index in [9.17, 15) is 19.5 Å². The number of aliphatic carboxylic acids is 1. The molecule has 0 spiro atoms. The number of likely N-dealkylation sites (tertiary alicyclic amines) is 1. The SMILES string of the molecule is C[N+]1(CC(=O)OCCC2S[C@@H]3[C@@H](CCO)C(=O)N3C2C(=O)O)CCCC1. The molecule has 2 N–H and O–H groups in total. The van der Waals surface area contributed by atoms with Crippen LogP contribution >= 0.6 is 11.8 Å². The first-order valence-electron chi connectivity index (χ1n) is 9.17. The first-order valence-corrected chi connectivity index (χ1v) is 10.1. The van der Waals surface area contributed by atoms with Crippen LogP contribution in [0.3, 0.4) is 0 Å². The number of rotatable bonds is 8. The van der Waals surface area contributed by atoms with Gasteiger partial charge < -0.3 is 24.3 Å². The number of carbonyl (C=O) groups excluding carboxylic acids is 2. The number of carbonyl (C=O) groups is 3. The summed E-state index contributed by atoms with van der Waals surface area (Å²) in [5, 5.41) is 18.1. The van der Waals surface area contributed by atoms with Crippen LogP contribution in [0.15, 0.2) is 0 Å². The number of aliphatic hydroxyl groups is 1. The lowest BCUT2D eigenvalue weighted by Gasteiger charge is -2.43. The van der Waals surface area contributed by atoms with Crippen LogP contribution in [0.1, 0.15) is 25.7 Å². The average molecular weight is 387 g/mol. The van der Waals surface area contributed by atoms with E-state index in [2.05, 4.69) is 7.05 Å². The number of aliphatic hydroxyl groups excluding tert-OH is 1. The second kappa shape index (κ2) is 7.74. The number of nitrogens with zero attached hydrogens (tertiary/aromatic N) is 2. The highest BCUT2D eigenvalue weighted by molar-refractivity contribution is 8.01. The molecule has 3 saturated heterocycles. The van der Waals surface area contributed by atoms with E-state index in [-0.39, 0.29) is 41.6 Å². The van der Waals surface area contributed by atoms with Crippen molar-refractivity contribution in [2.75, 3.05) is 39.9 Å². The standard InChI is InChI=1S/C17H26N2O6S/c1-19(6-2-3-7-19)10-13(21)25-9-5-12-14(17(23)24)18-15(22)11(4-8-20)16(18)26-12/h11-12,14,16,20H,2-10H2,1H3/p+1/t11-,12?,14?,16+/m0/s1. The molecule has 3 aliphatic rings. The number of amides is 1. The lowest BCUT2D eigenvalue weighted by atomic mass is 9.92. The van der Waals surface area contributed by atoms with Crippen LogP contribution in [0.2, 0.25) is 0 Å². The van der Waals surface area contributed by atoms with Gasteiger partial charge in [0.15, 0.2) is 6.54 Å². The Hall–Kier alpha value is -1.32. The molecule has 3 fully saturated rings. The van der Waals surface area contributed by atoms with Gasteiger partial charge in [-0.3, -0.25) is 4.79 Å². The fourth-order valence-corrected chi connectivity index (χ4v) is 6.05. The van der Waals surface area contributed by atoms with E-state index in [1.807, 2.05) is 0 Å². The Kier molecular flexibility index (Phi) is 5.78. The van der Waals surface area contributed by atoms with Crippen LogP contribution < -0.4 is 0 Å². The molecule has 0 aliphatic carbocycles. The first kappa shape index (κ1) is 19.4. The highest BCUT2D eigenvalue weighted by Crippen LogP contribution is 2.49. The fourth-order valence-electron chi connectivity index (χ4n) is 4.25. The van der Waals surface area contributed by atoms with Crippen molar-refractivity contribution in [3.8, 4) is 0 Å². The van der Waals surface area contributed by atoms with Crippen LogP contribution in [0, 0.1) is 5.92 Å². The van der Waals surface area contributed by atoms with Gasteiger partial charge in [0, 0.05) is 24.7 Å². The smallest absolute Gasteiger partial charge is 0.361 e. The number of carboxylic acid groups (broad SMARTS) is 1. The molecule has 3 heterocycles. The number of hydrogen-bond donors (Lipinski definition) is 2. The number of β-lactam (4-membered cyclic amide) rings is 1. The molecule has 3 aliphatic heterocycles. The van der Waals surface area contributed by atoms with Gasteiger partial charge in [-0.1, -0.05) is 0 Å². The Morgan fingerprint density at radius 2 is 2.00 bits per heavy atom. The molecule has 9 heteroatoms. The van der Waals surface area contributed by atoms with Crippen molar-refractivity contribution < 1.29 is 33.8 Å². The van der Waals surface area contributed by atoms with E-state index in [4.69, 9.17) is 9.84 Å². The number of hydrogen-bond acceptors (Lipinski definition) is 6. The summed E-state index contributed by atoms with van der Waals surface area (Å²) in [5.41, 5.74) is 0. The van der Waals surface area contributed by atoms with Gasteiger partial charge in [0.1, 0.15) is 6.04 Å². The zero-order valence-corrected chi connectivity index (χ0v) is 15.8. The quantitative estimate of drug-likeness (QED) is 0.340. The molecule has 8 nitrogen and oxygen atoms in total. The lowest BCUT2D eigenvalue weighted by Crippen LogP contribution is -2.61. The maximum atomic E-state index is 12.2. The first-order chi connectivity index (χ1) is 12.4. The Morgan fingerprint density at radius 3 is 2.62 bits per heavy atom. The molecule has 3 rings (SSSR count). The van der Waals surface area contributed by atoms with E-state index in [0.717, 1.165) is 25.9 Å². The van der Waals surface area contributed by atoms with Crippen molar-refractivity contribution in [2.45, 2.75) is 42.3 Å². The molecule has 0 aromatic rings. The predicted molar refractivity (Wildman–Crippen MR) is 94.2 cm³/mol. The number of likely N-dealkylation sites (N-methyl/N-ethyl adjacent to an activating group) is 1. The largest absolute Gasteiger partial charge is 0.480 e. The normalized spacial score (nSPS) is 32.2. The Bertz CT molecular complexity index is 580. The van der Waals surface area contributed by atoms with Gasteiger partial charge in [-0.05, 0) is 12.8 Å². The van der Waals surface area contributed by atoms with E-state index < -0.39 is 12.0 Å². The number of thioether (sulfide) groups is 1. The molecule has 0 aromatic carbocycles. The molecular formula is C17H27N2O6S+. The summed E-state index contributed by atoms with van der Waals surface area (Å²) < 4.78 is 6.06. The van der Waals surface area contributed by atoms with Crippen LogP contribution in [-0.2, 0) is 19.1 Å². The van der Waals surface area contributed by atoms with E-state index >= 15 is 0 Å².